The quantitative estimate of drug-likeness (QED) is 0.803. The second-order valence-electron chi connectivity index (χ2n) is 4.95. The molecule has 2 rings (SSSR count). The zero-order valence-electron chi connectivity index (χ0n) is 11.3. The van der Waals surface area contributed by atoms with E-state index in [1.165, 1.54) is 22.9 Å². The highest BCUT2D eigenvalue weighted by atomic mass is 32.1. The Labute approximate surface area is 113 Å². The number of aromatic nitrogens is 1. The molecule has 0 spiro atoms. The molecule has 1 saturated heterocycles. The average molecular weight is 269 g/mol. The molecule has 1 aliphatic heterocycles. The second kappa shape index (κ2) is 7.07. The van der Waals surface area contributed by atoms with Gasteiger partial charge in [0.05, 0.1) is 6.61 Å². The molecule has 0 amide bonds. The van der Waals surface area contributed by atoms with Crippen molar-refractivity contribution in [2.24, 2.45) is 5.92 Å². The summed E-state index contributed by atoms with van der Waals surface area (Å²) >= 11 is 1.81. The van der Waals surface area contributed by atoms with Gasteiger partial charge in [0.25, 0.3) is 0 Å². The fourth-order valence-corrected chi connectivity index (χ4v) is 3.04. The molecule has 1 aliphatic rings. The summed E-state index contributed by atoms with van der Waals surface area (Å²) in [4.78, 5) is 8.26. The summed E-state index contributed by atoms with van der Waals surface area (Å²) in [5.74, 6) is 0.872. The van der Waals surface area contributed by atoms with E-state index in [9.17, 15) is 0 Å². The van der Waals surface area contributed by atoms with Gasteiger partial charge in [-0.2, -0.15) is 0 Å². The molecular formula is C13H23N3OS. The maximum Gasteiger partial charge on any atom is 0.185 e. The average Bonchev–Trinajstić information content (AvgIpc) is 2.84. The Balaban J connectivity index is 1.78. The van der Waals surface area contributed by atoms with E-state index in [2.05, 4.69) is 22.1 Å². The summed E-state index contributed by atoms with van der Waals surface area (Å²) in [6.07, 6.45) is 4.58. The minimum absolute atomic E-state index is 0.760. The number of hydrogen-bond acceptors (Lipinski definition) is 5. The van der Waals surface area contributed by atoms with Gasteiger partial charge in [-0.3, -0.25) is 0 Å². The van der Waals surface area contributed by atoms with E-state index in [0.717, 1.165) is 38.7 Å². The SMILES string of the molecule is COCCNCc1cnc(N2CCC(C)CC2)s1. The van der Waals surface area contributed by atoms with Crippen LogP contribution in [0.15, 0.2) is 6.20 Å². The molecule has 1 aromatic heterocycles. The van der Waals surface area contributed by atoms with E-state index in [1.54, 1.807) is 7.11 Å². The van der Waals surface area contributed by atoms with Crippen molar-refractivity contribution < 1.29 is 4.74 Å². The van der Waals surface area contributed by atoms with Gasteiger partial charge >= 0.3 is 0 Å². The van der Waals surface area contributed by atoms with Crippen molar-refractivity contribution in [2.45, 2.75) is 26.3 Å². The number of anilines is 1. The van der Waals surface area contributed by atoms with Crippen LogP contribution < -0.4 is 10.2 Å². The topological polar surface area (TPSA) is 37.4 Å². The van der Waals surface area contributed by atoms with Crippen molar-refractivity contribution in [3.8, 4) is 0 Å². The molecule has 4 nitrogen and oxygen atoms in total. The zero-order valence-corrected chi connectivity index (χ0v) is 12.1. The van der Waals surface area contributed by atoms with Gasteiger partial charge in [-0.25, -0.2) is 4.98 Å². The van der Waals surface area contributed by atoms with Crippen LogP contribution in [0.2, 0.25) is 0 Å². The fraction of sp³-hybridized carbons (Fsp3) is 0.769. The van der Waals surface area contributed by atoms with E-state index < -0.39 is 0 Å². The molecular weight excluding hydrogens is 246 g/mol. The van der Waals surface area contributed by atoms with E-state index in [4.69, 9.17) is 4.74 Å². The molecule has 0 saturated carbocycles. The Morgan fingerprint density at radius 2 is 2.28 bits per heavy atom. The molecule has 1 aromatic rings. The Bertz CT molecular complexity index is 348. The van der Waals surface area contributed by atoms with Crippen molar-refractivity contribution in [3.63, 3.8) is 0 Å². The van der Waals surface area contributed by atoms with Crippen LogP contribution >= 0.6 is 11.3 Å². The van der Waals surface area contributed by atoms with Crippen molar-refractivity contribution in [1.82, 2.24) is 10.3 Å². The van der Waals surface area contributed by atoms with Crippen LogP contribution in [0.5, 0.6) is 0 Å². The number of thiazole rings is 1. The number of piperidine rings is 1. The van der Waals surface area contributed by atoms with Crippen LogP contribution in [0.4, 0.5) is 5.13 Å². The Kier molecular flexibility index (Phi) is 5.41. The van der Waals surface area contributed by atoms with Crippen molar-refractivity contribution >= 4 is 16.5 Å². The summed E-state index contributed by atoms with van der Waals surface area (Å²) in [6.45, 7) is 7.20. The van der Waals surface area contributed by atoms with Crippen LogP contribution in [0.3, 0.4) is 0 Å². The third kappa shape index (κ3) is 3.93. The van der Waals surface area contributed by atoms with Crippen molar-refractivity contribution in [2.75, 3.05) is 38.3 Å². The van der Waals surface area contributed by atoms with Gasteiger partial charge in [0.2, 0.25) is 0 Å². The normalized spacial score (nSPS) is 17.3. The molecule has 1 N–H and O–H groups in total. The molecule has 102 valence electrons. The van der Waals surface area contributed by atoms with Gasteiger partial charge in [0, 0.05) is 44.4 Å². The zero-order chi connectivity index (χ0) is 12.8. The first kappa shape index (κ1) is 13.8. The van der Waals surface area contributed by atoms with Gasteiger partial charge < -0.3 is 15.0 Å². The molecule has 0 radical (unpaired) electrons. The molecule has 5 heteroatoms. The first-order valence-corrected chi connectivity index (χ1v) is 7.50. The first-order valence-electron chi connectivity index (χ1n) is 6.69. The van der Waals surface area contributed by atoms with Crippen molar-refractivity contribution in [3.05, 3.63) is 11.1 Å². The lowest BCUT2D eigenvalue weighted by molar-refractivity contribution is 0.199. The monoisotopic (exact) mass is 269 g/mol. The third-order valence-corrected chi connectivity index (χ3v) is 4.44. The summed E-state index contributed by atoms with van der Waals surface area (Å²) in [7, 11) is 1.73. The molecule has 0 aliphatic carbocycles. The number of hydrogen-bond donors (Lipinski definition) is 1. The van der Waals surface area contributed by atoms with Gasteiger partial charge in [-0.1, -0.05) is 6.92 Å². The maximum atomic E-state index is 5.01. The number of rotatable bonds is 6. The standard InChI is InChI=1S/C13H23N3OS/c1-11-3-6-16(7-4-11)13-15-10-12(18-13)9-14-5-8-17-2/h10-11,14H,3-9H2,1-2H3. The Morgan fingerprint density at radius 1 is 1.50 bits per heavy atom. The molecule has 2 heterocycles. The Hall–Kier alpha value is -0.650. The number of nitrogens with one attached hydrogen (secondary N) is 1. The molecule has 1 fully saturated rings. The lowest BCUT2D eigenvalue weighted by atomic mass is 10.00. The molecule has 0 aromatic carbocycles. The van der Waals surface area contributed by atoms with E-state index in [0.29, 0.717) is 0 Å². The fourth-order valence-electron chi connectivity index (χ4n) is 2.11. The number of nitrogens with zero attached hydrogens (tertiary/aromatic N) is 2. The number of methoxy groups -OCH3 is 1. The highest BCUT2D eigenvalue weighted by molar-refractivity contribution is 7.15. The molecule has 0 bridgehead atoms. The molecule has 0 atom stereocenters. The third-order valence-electron chi connectivity index (χ3n) is 3.38. The van der Waals surface area contributed by atoms with E-state index >= 15 is 0 Å². The van der Waals surface area contributed by atoms with Gasteiger partial charge in [0.1, 0.15) is 0 Å². The lowest BCUT2D eigenvalue weighted by Gasteiger charge is -2.29. The highest BCUT2D eigenvalue weighted by Crippen LogP contribution is 2.26. The Morgan fingerprint density at radius 3 is 3.00 bits per heavy atom. The highest BCUT2D eigenvalue weighted by Gasteiger charge is 2.18. The predicted octanol–water partition coefficient (Wildman–Crippen LogP) is 2.12. The predicted molar refractivity (Wildman–Crippen MR) is 76.3 cm³/mol. The summed E-state index contributed by atoms with van der Waals surface area (Å²) in [5, 5.41) is 4.54. The van der Waals surface area contributed by atoms with E-state index in [-0.39, 0.29) is 0 Å². The van der Waals surface area contributed by atoms with Gasteiger partial charge in [-0.15, -0.1) is 11.3 Å². The first-order chi connectivity index (χ1) is 8.79. The largest absolute Gasteiger partial charge is 0.383 e. The van der Waals surface area contributed by atoms with Gasteiger partial charge in [-0.05, 0) is 18.8 Å². The van der Waals surface area contributed by atoms with Crippen LogP contribution in [0.1, 0.15) is 24.6 Å². The van der Waals surface area contributed by atoms with Crippen molar-refractivity contribution in [1.29, 1.82) is 0 Å². The maximum absolute atomic E-state index is 5.01. The van der Waals surface area contributed by atoms with Crippen LogP contribution in [-0.2, 0) is 11.3 Å². The second-order valence-corrected chi connectivity index (χ2v) is 6.04. The minimum Gasteiger partial charge on any atom is -0.383 e. The van der Waals surface area contributed by atoms with E-state index in [1.807, 2.05) is 17.5 Å². The minimum atomic E-state index is 0.760. The molecule has 0 unspecified atom stereocenters. The smallest absolute Gasteiger partial charge is 0.185 e. The van der Waals surface area contributed by atoms with Gasteiger partial charge in [0.15, 0.2) is 5.13 Å². The number of ether oxygens (including phenoxy) is 1. The summed E-state index contributed by atoms with van der Waals surface area (Å²) in [6, 6.07) is 0. The summed E-state index contributed by atoms with van der Waals surface area (Å²) < 4.78 is 5.01. The van der Waals surface area contributed by atoms with Crippen LogP contribution in [0.25, 0.3) is 0 Å². The lowest BCUT2D eigenvalue weighted by Crippen LogP contribution is -2.32. The van der Waals surface area contributed by atoms with Crippen LogP contribution in [-0.4, -0.2) is 38.3 Å². The summed E-state index contributed by atoms with van der Waals surface area (Å²) in [5.41, 5.74) is 0. The van der Waals surface area contributed by atoms with Crippen LogP contribution in [0, 0.1) is 5.92 Å². The molecule has 18 heavy (non-hydrogen) atoms.